The summed E-state index contributed by atoms with van der Waals surface area (Å²) in [5, 5.41) is 4.28. The molecule has 1 aromatic rings. The Morgan fingerprint density at radius 1 is 1.18 bits per heavy atom. The van der Waals surface area contributed by atoms with E-state index >= 15 is 0 Å². The highest BCUT2D eigenvalue weighted by Gasteiger charge is 2.31. The molecular weight excluding hydrogens is 456 g/mol. The Morgan fingerprint density at radius 3 is 2.41 bits per heavy atom. The Morgan fingerprint density at radius 2 is 1.82 bits per heavy atom. The lowest BCUT2D eigenvalue weighted by atomic mass is 9.87. The number of hydrogen-bond donors (Lipinski definition) is 3. The Kier molecular flexibility index (Phi) is 5.42. The fraction of sp³-hybridized carbons (Fsp3) is 0.542. The third kappa shape index (κ3) is 6.37. The van der Waals surface area contributed by atoms with Crippen LogP contribution in [0.1, 0.15) is 69.4 Å². The summed E-state index contributed by atoms with van der Waals surface area (Å²) in [6, 6.07) is -7.66. The average molecular weight is 499 g/mol. The molecule has 186 valence electrons. The second kappa shape index (κ2) is 11.0. The SMILES string of the molecule is [2H]c1c([2H])c(S(=O)(=O)NC(=O)NC2CCC(C)CC2)c([2H])c([2H])c1C([2H])([2H])C([2H])([2H])NC(=O)N1CC(C)=C(CC)C1=O. The van der Waals surface area contributed by atoms with Gasteiger partial charge < -0.3 is 10.6 Å². The van der Waals surface area contributed by atoms with Crippen molar-refractivity contribution >= 4 is 28.0 Å². The van der Waals surface area contributed by atoms with Gasteiger partial charge in [0.05, 0.1) is 16.9 Å². The first kappa shape index (κ1) is 16.7. The van der Waals surface area contributed by atoms with Crippen LogP contribution in [0.2, 0.25) is 0 Å². The summed E-state index contributed by atoms with van der Waals surface area (Å²) in [6.07, 6.45) is -0.223. The topological polar surface area (TPSA) is 125 Å². The molecule has 0 saturated heterocycles. The number of amides is 5. The molecule has 1 aromatic carbocycles. The van der Waals surface area contributed by atoms with Crippen LogP contribution in [-0.2, 0) is 21.2 Å². The summed E-state index contributed by atoms with van der Waals surface area (Å²) < 4.78 is 94.0. The fourth-order valence-electron chi connectivity index (χ4n) is 3.87. The number of nitrogens with zero attached hydrogens (tertiary/aromatic N) is 1. The van der Waals surface area contributed by atoms with Crippen molar-refractivity contribution in [2.75, 3.05) is 13.0 Å². The van der Waals surface area contributed by atoms with Crippen molar-refractivity contribution in [3.8, 4) is 0 Å². The van der Waals surface area contributed by atoms with Crippen LogP contribution < -0.4 is 15.4 Å². The van der Waals surface area contributed by atoms with Crippen molar-refractivity contribution in [2.24, 2.45) is 5.92 Å². The summed E-state index contributed by atoms with van der Waals surface area (Å²) in [4.78, 5) is 37.2. The summed E-state index contributed by atoms with van der Waals surface area (Å²) in [5.74, 6) is -0.216. The van der Waals surface area contributed by atoms with Crippen molar-refractivity contribution in [3.05, 3.63) is 40.9 Å². The maximum absolute atomic E-state index is 13.0. The highest BCUT2D eigenvalue weighted by atomic mass is 32.2. The predicted octanol–water partition coefficient (Wildman–Crippen LogP) is 3.07. The highest BCUT2D eigenvalue weighted by Crippen LogP contribution is 2.23. The van der Waals surface area contributed by atoms with Crippen molar-refractivity contribution < 1.29 is 33.8 Å². The Hall–Kier alpha value is -2.88. The first-order valence-electron chi connectivity index (χ1n) is 15.0. The number of carbonyl (C=O) groups is 3. The summed E-state index contributed by atoms with van der Waals surface area (Å²) in [5.41, 5.74) is -0.243. The molecule has 0 atom stereocenters. The number of sulfonamides is 1. The lowest BCUT2D eigenvalue weighted by Crippen LogP contribution is -2.45. The van der Waals surface area contributed by atoms with Gasteiger partial charge in [-0.25, -0.2) is 22.7 Å². The normalized spacial score (nSPS) is 25.1. The zero-order valence-electron chi connectivity index (χ0n) is 27.3. The van der Waals surface area contributed by atoms with Crippen molar-refractivity contribution in [1.82, 2.24) is 20.3 Å². The Labute approximate surface area is 212 Å². The van der Waals surface area contributed by atoms with Crippen LogP contribution in [0.25, 0.3) is 0 Å². The smallest absolute Gasteiger partial charge is 0.328 e. The monoisotopic (exact) mass is 498 g/mol. The van der Waals surface area contributed by atoms with Gasteiger partial charge in [-0.1, -0.05) is 25.9 Å². The van der Waals surface area contributed by atoms with Gasteiger partial charge in [-0.05, 0) is 74.5 Å². The molecule has 0 bridgehead atoms. The molecule has 5 amide bonds. The van der Waals surface area contributed by atoms with E-state index in [-0.39, 0.29) is 12.6 Å². The van der Waals surface area contributed by atoms with E-state index in [0.717, 1.165) is 12.8 Å². The maximum atomic E-state index is 13.0. The Balaban J connectivity index is 1.90. The van der Waals surface area contributed by atoms with Gasteiger partial charge in [0.2, 0.25) is 0 Å². The van der Waals surface area contributed by atoms with E-state index in [1.54, 1.807) is 23.9 Å². The third-order valence-corrected chi connectivity index (χ3v) is 7.01. The molecule has 1 aliphatic carbocycles. The van der Waals surface area contributed by atoms with E-state index in [4.69, 9.17) is 11.0 Å². The quantitative estimate of drug-likeness (QED) is 0.533. The average Bonchev–Trinajstić information content (AvgIpc) is 3.16. The van der Waals surface area contributed by atoms with E-state index < -0.39 is 75.5 Å². The molecule has 1 saturated carbocycles. The van der Waals surface area contributed by atoms with Gasteiger partial charge >= 0.3 is 12.1 Å². The molecule has 34 heavy (non-hydrogen) atoms. The summed E-state index contributed by atoms with van der Waals surface area (Å²) in [7, 11) is -4.99. The van der Waals surface area contributed by atoms with Crippen LogP contribution in [0, 0.1) is 5.92 Å². The molecule has 1 aliphatic heterocycles. The van der Waals surface area contributed by atoms with Gasteiger partial charge in [0, 0.05) is 23.6 Å². The number of urea groups is 2. The second-order valence-corrected chi connectivity index (χ2v) is 10.0. The minimum absolute atomic E-state index is 0.152. The van der Waals surface area contributed by atoms with Crippen molar-refractivity contribution in [3.63, 3.8) is 0 Å². The lowest BCUT2D eigenvalue weighted by Gasteiger charge is -2.26. The number of benzene rings is 1. The number of rotatable bonds is 7. The molecule has 0 unspecified atom stereocenters. The van der Waals surface area contributed by atoms with Crippen LogP contribution >= 0.6 is 0 Å². The van der Waals surface area contributed by atoms with Crippen LogP contribution in [0.4, 0.5) is 9.59 Å². The summed E-state index contributed by atoms with van der Waals surface area (Å²) >= 11 is 0. The van der Waals surface area contributed by atoms with Gasteiger partial charge in [0.1, 0.15) is 0 Å². The van der Waals surface area contributed by atoms with Crippen LogP contribution in [-0.4, -0.2) is 50.4 Å². The minimum Gasteiger partial charge on any atom is -0.337 e. The molecule has 2 aliphatic rings. The predicted molar refractivity (Wildman–Crippen MR) is 129 cm³/mol. The molecular formula is C24H34N4O5S. The van der Waals surface area contributed by atoms with Crippen LogP contribution in [0.5, 0.6) is 0 Å². The van der Waals surface area contributed by atoms with Crippen molar-refractivity contribution in [2.45, 2.75) is 70.2 Å². The standard InChI is InChI=1S/C24H34N4O5S/c1-4-21-17(3)15-28(22(21)29)24(31)25-14-13-18-7-11-20(12-8-18)34(32,33)27-23(30)26-19-9-5-16(2)6-10-19/h7-8,11-12,16,19H,4-6,9-10,13-15H2,1-3H3,(H,25,31)(H2,26,27,30)/i7D,8D,11D,12D,13D2,14D2. The van der Waals surface area contributed by atoms with Crippen LogP contribution in [0.3, 0.4) is 0 Å². The molecule has 0 radical (unpaired) electrons. The molecule has 10 heteroatoms. The molecule has 1 heterocycles. The molecule has 3 N–H and O–H groups in total. The fourth-order valence-corrected chi connectivity index (χ4v) is 4.65. The minimum atomic E-state index is -4.99. The number of carbonyl (C=O) groups excluding carboxylic acids is 3. The van der Waals surface area contributed by atoms with Gasteiger partial charge in [-0.3, -0.25) is 9.69 Å². The maximum Gasteiger partial charge on any atom is 0.328 e. The Bertz CT molecular complexity index is 1410. The first-order chi connectivity index (χ1) is 19.3. The van der Waals surface area contributed by atoms with Crippen LogP contribution in [0.15, 0.2) is 40.2 Å². The second-order valence-electron chi connectivity index (χ2n) is 8.42. The molecule has 3 rings (SSSR count). The van der Waals surface area contributed by atoms with E-state index in [1.807, 2.05) is 0 Å². The van der Waals surface area contributed by atoms with Crippen molar-refractivity contribution in [1.29, 1.82) is 0 Å². The molecule has 0 spiro atoms. The number of nitrogens with one attached hydrogen (secondary N) is 3. The highest BCUT2D eigenvalue weighted by molar-refractivity contribution is 7.90. The molecule has 9 nitrogen and oxygen atoms in total. The van der Waals surface area contributed by atoms with E-state index in [1.165, 1.54) is 0 Å². The zero-order valence-corrected chi connectivity index (χ0v) is 20.1. The van der Waals surface area contributed by atoms with Gasteiger partial charge in [-0.2, -0.15) is 0 Å². The van der Waals surface area contributed by atoms with E-state index in [9.17, 15) is 22.8 Å². The lowest BCUT2D eigenvalue weighted by molar-refractivity contribution is -0.123. The first-order valence-corrected chi connectivity index (χ1v) is 12.5. The van der Waals surface area contributed by atoms with Gasteiger partial charge in [0.15, 0.2) is 0 Å². The molecule has 0 aromatic heterocycles. The summed E-state index contributed by atoms with van der Waals surface area (Å²) in [6.45, 7) is 1.83. The van der Waals surface area contributed by atoms with E-state index in [2.05, 4.69) is 12.2 Å². The number of hydrogen-bond acceptors (Lipinski definition) is 5. The van der Waals surface area contributed by atoms with Gasteiger partial charge in [-0.15, -0.1) is 0 Å². The van der Waals surface area contributed by atoms with Gasteiger partial charge in [0.25, 0.3) is 15.9 Å². The largest absolute Gasteiger partial charge is 0.337 e. The number of imide groups is 1. The van der Waals surface area contributed by atoms with E-state index in [0.29, 0.717) is 41.2 Å². The molecule has 1 fully saturated rings. The zero-order chi connectivity index (χ0) is 31.9. The third-order valence-electron chi connectivity index (χ3n) is 5.82.